The molecule has 1 saturated carbocycles. The summed E-state index contributed by atoms with van der Waals surface area (Å²) in [7, 11) is -3.39. The monoisotopic (exact) mass is 368 g/mol. The summed E-state index contributed by atoms with van der Waals surface area (Å²) in [6.07, 6.45) is -0.649. The Morgan fingerprint density at radius 2 is 1.84 bits per heavy atom. The Bertz CT molecular complexity index is 737. The molecule has 1 aromatic rings. The molecule has 0 spiro atoms. The average Bonchev–Trinajstić information content (AvgIpc) is 3.15. The van der Waals surface area contributed by atoms with Crippen LogP contribution < -0.4 is 11.1 Å². The molecule has 1 aliphatic carbocycles. The van der Waals surface area contributed by atoms with Crippen molar-refractivity contribution in [3.8, 4) is 0 Å². The summed E-state index contributed by atoms with van der Waals surface area (Å²) in [5, 5.41) is 2.02. The van der Waals surface area contributed by atoms with Crippen LogP contribution in [0.15, 0.2) is 24.3 Å². The second-order valence-corrected chi connectivity index (χ2v) is 10.0. The fraction of sp³-hybridized carbons (Fsp3) is 0.611. The van der Waals surface area contributed by atoms with Crippen molar-refractivity contribution in [1.29, 1.82) is 0 Å². The smallest absolute Gasteiger partial charge is 0.408 e. The first-order valence-corrected chi connectivity index (χ1v) is 10.2. The number of rotatable bonds is 5. The number of aryl methyl sites for hydroxylation is 1. The number of nitrogens with two attached hydrogens (primary N) is 1. The predicted molar refractivity (Wildman–Crippen MR) is 98.3 cm³/mol. The Hall–Kier alpha value is -1.60. The van der Waals surface area contributed by atoms with Crippen LogP contribution in [0.2, 0.25) is 0 Å². The maximum absolute atomic E-state index is 12.6. The van der Waals surface area contributed by atoms with Gasteiger partial charge in [-0.2, -0.15) is 0 Å². The summed E-state index contributed by atoms with van der Waals surface area (Å²) in [6.45, 7) is 8.86. The molecule has 3 N–H and O–H groups in total. The highest BCUT2D eigenvalue weighted by atomic mass is 32.2. The van der Waals surface area contributed by atoms with Gasteiger partial charge >= 0.3 is 6.09 Å². The number of nitrogens with one attached hydrogen (secondary N) is 1. The fourth-order valence-electron chi connectivity index (χ4n) is 3.29. The molecule has 3 unspecified atom stereocenters. The summed E-state index contributed by atoms with van der Waals surface area (Å²) in [5.74, 6) is -0.381. The third-order valence-corrected chi connectivity index (χ3v) is 6.82. The Labute approximate surface area is 150 Å². The van der Waals surface area contributed by atoms with Crippen LogP contribution in [-0.2, 0) is 14.6 Å². The molecule has 1 amide bonds. The number of carbonyl (C=O) groups excluding carboxylic acids is 1. The van der Waals surface area contributed by atoms with Gasteiger partial charge in [-0.25, -0.2) is 13.2 Å². The van der Waals surface area contributed by atoms with Gasteiger partial charge in [-0.3, -0.25) is 0 Å². The van der Waals surface area contributed by atoms with E-state index >= 15 is 0 Å². The molecule has 7 heteroatoms. The molecule has 6 nitrogen and oxygen atoms in total. The molecule has 3 atom stereocenters. The minimum atomic E-state index is -3.39. The van der Waals surface area contributed by atoms with E-state index in [-0.39, 0.29) is 18.2 Å². The Morgan fingerprint density at radius 3 is 2.28 bits per heavy atom. The zero-order chi connectivity index (χ0) is 19.0. The molecular weight excluding hydrogens is 340 g/mol. The van der Waals surface area contributed by atoms with E-state index in [4.69, 9.17) is 10.5 Å². The molecule has 1 fully saturated rings. The number of alkyl carbamates (subject to hydrolysis) is 1. The second-order valence-electron chi connectivity index (χ2n) is 7.63. The molecule has 1 aliphatic rings. The van der Waals surface area contributed by atoms with E-state index in [1.807, 2.05) is 31.2 Å². The number of benzene rings is 1. The minimum Gasteiger partial charge on any atom is -0.444 e. The maximum Gasteiger partial charge on any atom is 0.408 e. The van der Waals surface area contributed by atoms with Crippen molar-refractivity contribution in [3.05, 3.63) is 35.4 Å². The van der Waals surface area contributed by atoms with Gasteiger partial charge in [0, 0.05) is 18.2 Å². The number of amides is 1. The molecule has 0 aromatic heterocycles. The van der Waals surface area contributed by atoms with Gasteiger partial charge in [0.05, 0.1) is 10.8 Å². The van der Waals surface area contributed by atoms with Gasteiger partial charge in [0.2, 0.25) is 0 Å². The lowest BCUT2D eigenvalue weighted by molar-refractivity contribution is 0.0497. The molecule has 0 radical (unpaired) electrons. The molecule has 25 heavy (non-hydrogen) atoms. The van der Waals surface area contributed by atoms with Crippen LogP contribution in [0.5, 0.6) is 0 Å². The number of carbonyl (C=O) groups is 1. The van der Waals surface area contributed by atoms with Crippen molar-refractivity contribution < 1.29 is 17.9 Å². The normalized spacial score (nSPS) is 26.2. The topological polar surface area (TPSA) is 98.5 Å². The van der Waals surface area contributed by atoms with Crippen LogP contribution in [0.3, 0.4) is 0 Å². The van der Waals surface area contributed by atoms with Crippen LogP contribution in [0.1, 0.15) is 44.7 Å². The van der Waals surface area contributed by atoms with Crippen LogP contribution in [0, 0.1) is 6.92 Å². The van der Waals surface area contributed by atoms with Crippen molar-refractivity contribution in [2.24, 2.45) is 5.73 Å². The highest BCUT2D eigenvalue weighted by molar-refractivity contribution is 7.92. The van der Waals surface area contributed by atoms with Gasteiger partial charge in [-0.05, 0) is 33.3 Å². The summed E-state index contributed by atoms with van der Waals surface area (Å²) in [5.41, 5.74) is 6.17. The molecule has 0 aliphatic heterocycles. The number of ether oxygens (including phenoxy) is 1. The summed E-state index contributed by atoms with van der Waals surface area (Å²) in [4.78, 5) is 12.3. The van der Waals surface area contributed by atoms with E-state index in [1.165, 1.54) is 0 Å². The summed E-state index contributed by atoms with van der Waals surface area (Å²) < 4.78 is 30.5. The largest absolute Gasteiger partial charge is 0.444 e. The highest BCUT2D eigenvalue weighted by Crippen LogP contribution is 2.55. The SMILES string of the molecule is CCS(=O)(=O)C1C(c2ccc(C)cc2)C1(CN)NC(=O)OC(C)(C)C. The van der Waals surface area contributed by atoms with Crippen molar-refractivity contribution in [2.75, 3.05) is 12.3 Å². The third-order valence-electron chi connectivity index (χ3n) is 4.55. The number of sulfone groups is 1. The molecule has 0 saturated heterocycles. The standard InChI is InChI=1S/C18H28N2O4S/c1-6-25(22,23)15-14(13-9-7-12(2)8-10-13)18(15,11-19)20-16(21)24-17(3,4)5/h7-10,14-15H,6,11,19H2,1-5H3,(H,20,21). The van der Waals surface area contributed by atoms with E-state index in [1.54, 1.807) is 27.7 Å². The van der Waals surface area contributed by atoms with Gasteiger partial charge < -0.3 is 15.8 Å². The molecule has 2 rings (SSSR count). The number of hydrogen-bond acceptors (Lipinski definition) is 5. The first kappa shape index (κ1) is 19.7. The first-order valence-electron chi connectivity index (χ1n) is 8.46. The van der Waals surface area contributed by atoms with Crippen molar-refractivity contribution in [3.63, 3.8) is 0 Å². The van der Waals surface area contributed by atoms with E-state index in [0.29, 0.717) is 0 Å². The molecule has 0 bridgehead atoms. The van der Waals surface area contributed by atoms with Gasteiger partial charge in [0.1, 0.15) is 5.60 Å². The van der Waals surface area contributed by atoms with E-state index < -0.39 is 32.3 Å². The van der Waals surface area contributed by atoms with E-state index in [9.17, 15) is 13.2 Å². The Morgan fingerprint density at radius 1 is 1.28 bits per heavy atom. The summed E-state index contributed by atoms with van der Waals surface area (Å²) >= 11 is 0. The zero-order valence-corrected chi connectivity index (χ0v) is 16.3. The third kappa shape index (κ3) is 3.98. The minimum absolute atomic E-state index is 0.00221. The molecule has 140 valence electrons. The van der Waals surface area contributed by atoms with Gasteiger partial charge in [-0.1, -0.05) is 36.8 Å². The zero-order valence-electron chi connectivity index (χ0n) is 15.5. The average molecular weight is 368 g/mol. The first-order chi connectivity index (χ1) is 11.5. The van der Waals surface area contributed by atoms with Crippen LogP contribution in [0.4, 0.5) is 4.79 Å². The Kier molecular flexibility index (Phi) is 5.21. The molecular formula is C18H28N2O4S. The van der Waals surface area contributed by atoms with Crippen LogP contribution in [0.25, 0.3) is 0 Å². The lowest BCUT2D eigenvalue weighted by atomic mass is 10.0. The van der Waals surface area contributed by atoms with Crippen LogP contribution >= 0.6 is 0 Å². The second kappa shape index (κ2) is 6.61. The molecule has 0 heterocycles. The van der Waals surface area contributed by atoms with E-state index in [0.717, 1.165) is 11.1 Å². The Balaban J connectivity index is 2.38. The van der Waals surface area contributed by atoms with Gasteiger partial charge in [0.25, 0.3) is 0 Å². The van der Waals surface area contributed by atoms with Gasteiger partial charge in [-0.15, -0.1) is 0 Å². The fourth-order valence-corrected chi connectivity index (χ4v) is 5.33. The molecule has 1 aromatic carbocycles. The highest BCUT2D eigenvalue weighted by Gasteiger charge is 2.71. The lowest BCUT2D eigenvalue weighted by Crippen LogP contribution is -2.49. The van der Waals surface area contributed by atoms with Gasteiger partial charge in [0.15, 0.2) is 9.84 Å². The summed E-state index contributed by atoms with van der Waals surface area (Å²) in [6, 6.07) is 7.65. The van der Waals surface area contributed by atoms with E-state index in [2.05, 4.69) is 5.32 Å². The van der Waals surface area contributed by atoms with Crippen molar-refractivity contribution >= 4 is 15.9 Å². The number of hydrogen-bond donors (Lipinski definition) is 2. The van der Waals surface area contributed by atoms with Crippen LogP contribution in [-0.4, -0.2) is 43.2 Å². The van der Waals surface area contributed by atoms with Crippen molar-refractivity contribution in [1.82, 2.24) is 5.32 Å². The maximum atomic E-state index is 12.6. The lowest BCUT2D eigenvalue weighted by Gasteiger charge is -2.24. The van der Waals surface area contributed by atoms with Crippen molar-refractivity contribution in [2.45, 2.75) is 56.9 Å². The quantitative estimate of drug-likeness (QED) is 0.829. The predicted octanol–water partition coefficient (Wildman–Crippen LogP) is 2.12.